The highest BCUT2D eigenvalue weighted by Crippen LogP contribution is 2.31. The van der Waals surface area contributed by atoms with Gasteiger partial charge in [0.05, 0.1) is 7.11 Å². The van der Waals surface area contributed by atoms with Crippen molar-refractivity contribution in [3.05, 3.63) is 36.2 Å². The Morgan fingerprint density at radius 2 is 2.00 bits per heavy atom. The lowest BCUT2D eigenvalue weighted by Gasteiger charge is -2.12. The van der Waals surface area contributed by atoms with E-state index in [4.69, 9.17) is 4.74 Å². The van der Waals surface area contributed by atoms with Gasteiger partial charge in [-0.1, -0.05) is 0 Å². The number of aromatic nitrogens is 2. The molecule has 0 saturated carbocycles. The summed E-state index contributed by atoms with van der Waals surface area (Å²) in [5.74, 6) is -0.973. The number of nitrogens with one attached hydrogen (secondary N) is 1. The van der Waals surface area contributed by atoms with E-state index in [9.17, 15) is 26.7 Å². The molecule has 0 aliphatic rings. The van der Waals surface area contributed by atoms with Gasteiger partial charge in [-0.25, -0.2) is 0 Å². The van der Waals surface area contributed by atoms with Gasteiger partial charge in [0.15, 0.2) is 17.2 Å². The Balaban J connectivity index is 2.06. The summed E-state index contributed by atoms with van der Waals surface area (Å²) in [4.78, 5) is 11.9. The summed E-state index contributed by atoms with van der Waals surface area (Å²) in [6, 6.07) is 4.49. The Morgan fingerprint density at radius 1 is 1.28 bits per heavy atom. The number of halogens is 5. The Bertz CT molecular complexity index is 746. The van der Waals surface area contributed by atoms with E-state index in [1.54, 1.807) is 0 Å². The molecule has 1 amide bonds. The number of anilines is 1. The minimum absolute atomic E-state index is 0.0280. The minimum Gasteiger partial charge on any atom is -0.493 e. The quantitative estimate of drug-likeness (QED) is 0.799. The number of carbonyl (C=O) groups excluding carboxylic acids is 1. The smallest absolute Gasteiger partial charge is 0.435 e. The summed E-state index contributed by atoms with van der Waals surface area (Å²) in [6.07, 6.45) is -3.61. The molecular formula is C14H12F5N3O3. The van der Waals surface area contributed by atoms with E-state index < -0.39 is 30.9 Å². The van der Waals surface area contributed by atoms with Gasteiger partial charge in [-0.2, -0.15) is 27.1 Å². The maximum absolute atomic E-state index is 12.4. The van der Waals surface area contributed by atoms with Crippen LogP contribution >= 0.6 is 0 Å². The molecular weight excluding hydrogens is 353 g/mol. The van der Waals surface area contributed by atoms with Crippen LogP contribution in [0.3, 0.4) is 0 Å². The largest absolute Gasteiger partial charge is 0.493 e. The monoisotopic (exact) mass is 365 g/mol. The maximum atomic E-state index is 12.4. The third-order valence-corrected chi connectivity index (χ3v) is 2.90. The predicted octanol–water partition coefficient (Wildman–Crippen LogP) is 3.15. The van der Waals surface area contributed by atoms with Crippen molar-refractivity contribution in [1.82, 2.24) is 9.78 Å². The minimum atomic E-state index is -4.61. The maximum Gasteiger partial charge on any atom is 0.435 e. The van der Waals surface area contributed by atoms with Crippen molar-refractivity contribution in [2.24, 2.45) is 0 Å². The molecule has 6 nitrogen and oxygen atoms in total. The van der Waals surface area contributed by atoms with Crippen LogP contribution in [0.5, 0.6) is 11.5 Å². The van der Waals surface area contributed by atoms with Crippen molar-refractivity contribution < 1.29 is 36.2 Å². The molecule has 1 heterocycles. The fraction of sp³-hybridized carbons (Fsp3) is 0.286. The van der Waals surface area contributed by atoms with Gasteiger partial charge < -0.3 is 14.8 Å². The molecule has 0 spiro atoms. The zero-order chi connectivity index (χ0) is 18.6. The molecule has 0 bridgehead atoms. The van der Waals surface area contributed by atoms with Crippen LogP contribution in [0.1, 0.15) is 5.69 Å². The molecule has 1 aromatic carbocycles. The number of nitrogens with zero attached hydrogens (tertiary/aromatic N) is 2. The van der Waals surface area contributed by atoms with Crippen LogP contribution in [0.4, 0.5) is 27.6 Å². The predicted molar refractivity (Wildman–Crippen MR) is 75.5 cm³/mol. The second-order valence-electron chi connectivity index (χ2n) is 4.69. The number of alkyl halides is 5. The molecule has 0 radical (unpaired) electrons. The normalized spacial score (nSPS) is 11.5. The Labute approximate surface area is 138 Å². The number of amides is 1. The number of hydrogen-bond acceptors (Lipinski definition) is 4. The summed E-state index contributed by atoms with van der Waals surface area (Å²) < 4.78 is 71.9. The van der Waals surface area contributed by atoms with Crippen molar-refractivity contribution in [3.8, 4) is 11.5 Å². The van der Waals surface area contributed by atoms with Crippen molar-refractivity contribution in [1.29, 1.82) is 0 Å². The molecule has 0 aliphatic carbocycles. The van der Waals surface area contributed by atoms with Gasteiger partial charge in [-0.05, 0) is 18.2 Å². The molecule has 0 fully saturated rings. The first-order valence-electron chi connectivity index (χ1n) is 6.72. The molecule has 1 N–H and O–H groups in total. The molecule has 0 aliphatic heterocycles. The van der Waals surface area contributed by atoms with Crippen molar-refractivity contribution in [2.75, 3.05) is 12.4 Å². The van der Waals surface area contributed by atoms with Gasteiger partial charge in [0.1, 0.15) is 6.54 Å². The average Bonchev–Trinajstić information content (AvgIpc) is 2.95. The van der Waals surface area contributed by atoms with Crippen LogP contribution in [0.2, 0.25) is 0 Å². The molecule has 2 rings (SSSR count). The molecule has 1 aromatic heterocycles. The second-order valence-corrected chi connectivity index (χ2v) is 4.69. The SMILES string of the molecule is COc1ccc(NC(=O)Cn2ccc(C(F)(F)F)n2)cc1OC(F)F. The van der Waals surface area contributed by atoms with Gasteiger partial charge in [0.25, 0.3) is 0 Å². The first kappa shape index (κ1) is 18.5. The van der Waals surface area contributed by atoms with Crippen LogP contribution in [0.15, 0.2) is 30.5 Å². The summed E-state index contributed by atoms with van der Waals surface area (Å²) in [5, 5.41) is 5.58. The van der Waals surface area contributed by atoms with Crippen LogP contribution in [0.25, 0.3) is 0 Å². The van der Waals surface area contributed by atoms with E-state index >= 15 is 0 Å². The molecule has 0 saturated heterocycles. The summed E-state index contributed by atoms with van der Waals surface area (Å²) >= 11 is 0. The lowest BCUT2D eigenvalue weighted by molar-refractivity contribution is -0.141. The summed E-state index contributed by atoms with van der Waals surface area (Å²) in [7, 11) is 1.25. The topological polar surface area (TPSA) is 65.4 Å². The van der Waals surface area contributed by atoms with E-state index in [1.807, 2.05) is 0 Å². The van der Waals surface area contributed by atoms with E-state index in [1.165, 1.54) is 19.2 Å². The second kappa shape index (κ2) is 7.36. The molecule has 11 heteroatoms. The third-order valence-electron chi connectivity index (χ3n) is 2.90. The Hall–Kier alpha value is -2.85. The first-order valence-corrected chi connectivity index (χ1v) is 6.72. The van der Waals surface area contributed by atoms with Crippen molar-refractivity contribution >= 4 is 11.6 Å². The van der Waals surface area contributed by atoms with E-state index in [0.29, 0.717) is 0 Å². The van der Waals surface area contributed by atoms with Gasteiger partial charge in [-0.15, -0.1) is 0 Å². The highest BCUT2D eigenvalue weighted by molar-refractivity contribution is 5.90. The van der Waals surface area contributed by atoms with Crippen LogP contribution in [-0.2, 0) is 17.5 Å². The third kappa shape index (κ3) is 5.06. The first-order chi connectivity index (χ1) is 11.7. The number of rotatable bonds is 6. The summed E-state index contributed by atoms with van der Waals surface area (Å²) in [6.45, 7) is -3.59. The fourth-order valence-corrected chi connectivity index (χ4v) is 1.89. The lowest BCUT2D eigenvalue weighted by atomic mass is 10.2. The Kier molecular flexibility index (Phi) is 5.45. The number of ether oxygens (including phenoxy) is 2. The number of carbonyl (C=O) groups is 1. The Morgan fingerprint density at radius 3 is 2.56 bits per heavy atom. The van der Waals surface area contributed by atoms with Gasteiger partial charge in [-0.3, -0.25) is 9.48 Å². The average molecular weight is 365 g/mol. The zero-order valence-electron chi connectivity index (χ0n) is 12.7. The van der Waals surface area contributed by atoms with E-state index in [2.05, 4.69) is 15.2 Å². The fourth-order valence-electron chi connectivity index (χ4n) is 1.89. The number of methoxy groups -OCH3 is 1. The highest BCUT2D eigenvalue weighted by atomic mass is 19.4. The van der Waals surface area contributed by atoms with Crippen LogP contribution < -0.4 is 14.8 Å². The van der Waals surface area contributed by atoms with Gasteiger partial charge in [0, 0.05) is 18.0 Å². The van der Waals surface area contributed by atoms with E-state index in [0.717, 1.165) is 23.0 Å². The molecule has 0 atom stereocenters. The van der Waals surface area contributed by atoms with E-state index in [-0.39, 0.29) is 17.2 Å². The van der Waals surface area contributed by atoms with Crippen LogP contribution in [-0.4, -0.2) is 29.4 Å². The molecule has 2 aromatic rings. The van der Waals surface area contributed by atoms with Crippen LogP contribution in [0, 0.1) is 0 Å². The molecule has 136 valence electrons. The van der Waals surface area contributed by atoms with Gasteiger partial charge >= 0.3 is 12.8 Å². The summed E-state index contributed by atoms with van der Waals surface area (Å²) in [5.41, 5.74) is -1.03. The number of hydrogen-bond donors (Lipinski definition) is 1. The molecule has 25 heavy (non-hydrogen) atoms. The number of benzene rings is 1. The zero-order valence-corrected chi connectivity index (χ0v) is 12.7. The van der Waals surface area contributed by atoms with Crippen molar-refractivity contribution in [3.63, 3.8) is 0 Å². The van der Waals surface area contributed by atoms with Crippen molar-refractivity contribution in [2.45, 2.75) is 19.3 Å². The highest BCUT2D eigenvalue weighted by Gasteiger charge is 2.33. The molecule has 0 unspecified atom stereocenters. The van der Waals surface area contributed by atoms with Gasteiger partial charge in [0.2, 0.25) is 5.91 Å². The lowest BCUT2D eigenvalue weighted by Crippen LogP contribution is -2.20. The standard InChI is InChI=1S/C14H12F5N3O3/c1-24-9-3-2-8(6-10(9)25-13(15)16)20-12(23)7-22-5-4-11(21-22)14(17,18)19/h2-6,13H,7H2,1H3,(H,20,23).